The number of hydrogen-bond donors (Lipinski definition) is 1. The number of carbonyl (C=O) groups excluding carboxylic acids is 2. The van der Waals surface area contributed by atoms with Crippen molar-refractivity contribution in [3.63, 3.8) is 0 Å². The summed E-state index contributed by atoms with van der Waals surface area (Å²) in [7, 11) is 0. The maximum Gasteiger partial charge on any atom is 0.319 e. The van der Waals surface area contributed by atoms with Crippen LogP contribution in [0.4, 0.5) is 4.79 Å². The van der Waals surface area contributed by atoms with E-state index in [-0.39, 0.29) is 24.5 Å². The van der Waals surface area contributed by atoms with Crippen molar-refractivity contribution in [1.29, 1.82) is 0 Å². The maximum atomic E-state index is 12.3. The number of carbonyl (C=O) groups is 2. The van der Waals surface area contributed by atoms with Gasteiger partial charge in [-0.3, -0.25) is 14.1 Å². The molecule has 2 aromatic rings. The highest BCUT2D eigenvalue weighted by molar-refractivity contribution is 5.87. The fraction of sp³-hybridized carbons (Fsp3) is 0.429. The number of likely N-dealkylation sites (N-methyl/N-ethyl adjacent to an activating group) is 1. The van der Waals surface area contributed by atoms with Crippen LogP contribution in [0.1, 0.15) is 25.7 Å². The van der Waals surface area contributed by atoms with Gasteiger partial charge >= 0.3 is 6.03 Å². The molecule has 8 heteroatoms. The average Bonchev–Trinajstić information content (AvgIpc) is 3.10. The molecule has 1 atom stereocenters. The van der Waals surface area contributed by atoms with E-state index in [2.05, 4.69) is 15.5 Å². The number of rotatable bonds is 3. The molecule has 1 saturated heterocycles. The Labute approximate surface area is 127 Å². The first-order valence-corrected chi connectivity index (χ1v) is 7.23. The molecule has 0 saturated carbocycles. The van der Waals surface area contributed by atoms with Gasteiger partial charge in [-0.05, 0) is 26.0 Å². The molecular formula is C14H18N6O2. The summed E-state index contributed by atoms with van der Waals surface area (Å²) in [5, 5.41) is 11.1. The molecule has 1 N–H and O–H groups in total. The molecular weight excluding hydrogens is 284 g/mol. The predicted molar refractivity (Wildman–Crippen MR) is 78.9 cm³/mol. The summed E-state index contributed by atoms with van der Waals surface area (Å²) in [5.74, 6) is 0.625. The van der Waals surface area contributed by atoms with Crippen molar-refractivity contribution < 1.29 is 9.59 Å². The molecule has 3 rings (SSSR count). The summed E-state index contributed by atoms with van der Waals surface area (Å²) in [6.07, 6.45) is 1.85. The van der Waals surface area contributed by atoms with Crippen LogP contribution in [0.25, 0.3) is 5.65 Å². The van der Waals surface area contributed by atoms with E-state index in [1.807, 2.05) is 42.6 Å². The number of nitrogens with zero attached hydrogens (tertiary/aromatic N) is 5. The van der Waals surface area contributed by atoms with E-state index in [9.17, 15) is 9.59 Å². The van der Waals surface area contributed by atoms with Crippen molar-refractivity contribution in [2.45, 2.75) is 19.9 Å². The summed E-state index contributed by atoms with van der Waals surface area (Å²) >= 11 is 0. The van der Waals surface area contributed by atoms with Crippen LogP contribution in [0, 0.1) is 0 Å². The minimum absolute atomic E-state index is 0.0294. The third kappa shape index (κ3) is 2.47. The molecule has 0 bridgehead atoms. The highest BCUT2D eigenvalue weighted by Crippen LogP contribution is 2.13. The van der Waals surface area contributed by atoms with Crippen molar-refractivity contribution in [1.82, 2.24) is 29.7 Å². The minimum Gasteiger partial charge on any atom is -0.328 e. The van der Waals surface area contributed by atoms with Gasteiger partial charge in [-0.25, -0.2) is 4.79 Å². The Morgan fingerprint density at radius 3 is 2.95 bits per heavy atom. The Bertz CT molecular complexity index is 712. The third-order valence-electron chi connectivity index (χ3n) is 3.76. The molecule has 1 aliphatic heterocycles. The Balaban J connectivity index is 1.70. The third-order valence-corrected chi connectivity index (χ3v) is 3.76. The van der Waals surface area contributed by atoms with E-state index in [4.69, 9.17) is 0 Å². The van der Waals surface area contributed by atoms with Gasteiger partial charge in [0.2, 0.25) is 5.91 Å². The minimum atomic E-state index is -0.310. The Morgan fingerprint density at radius 1 is 1.41 bits per heavy atom. The smallest absolute Gasteiger partial charge is 0.319 e. The van der Waals surface area contributed by atoms with Crippen LogP contribution in [-0.4, -0.2) is 56.1 Å². The monoisotopic (exact) mass is 302 g/mol. The number of hydrogen-bond acceptors (Lipinski definition) is 4. The van der Waals surface area contributed by atoms with Crippen LogP contribution in [-0.2, 0) is 4.79 Å². The molecule has 2 aromatic heterocycles. The van der Waals surface area contributed by atoms with Crippen LogP contribution < -0.4 is 5.32 Å². The van der Waals surface area contributed by atoms with Gasteiger partial charge in [0, 0.05) is 12.7 Å². The highest BCUT2D eigenvalue weighted by atomic mass is 16.2. The first-order valence-electron chi connectivity index (χ1n) is 7.23. The summed E-state index contributed by atoms with van der Waals surface area (Å²) in [5.41, 5.74) is 0.729. The van der Waals surface area contributed by atoms with Crippen molar-refractivity contribution in [3.8, 4) is 0 Å². The number of nitrogens with one attached hydrogen (secondary N) is 1. The van der Waals surface area contributed by atoms with Gasteiger partial charge in [-0.15, -0.1) is 10.2 Å². The molecule has 1 fully saturated rings. The van der Waals surface area contributed by atoms with E-state index in [1.165, 1.54) is 4.90 Å². The van der Waals surface area contributed by atoms with Crippen LogP contribution in [0.3, 0.4) is 0 Å². The summed E-state index contributed by atoms with van der Waals surface area (Å²) < 4.78 is 1.83. The molecule has 3 heterocycles. The van der Waals surface area contributed by atoms with Gasteiger partial charge in [0.1, 0.15) is 6.54 Å². The lowest BCUT2D eigenvalue weighted by Crippen LogP contribution is -2.41. The van der Waals surface area contributed by atoms with Gasteiger partial charge in [0.05, 0.1) is 12.7 Å². The van der Waals surface area contributed by atoms with E-state index < -0.39 is 0 Å². The summed E-state index contributed by atoms with van der Waals surface area (Å²) in [4.78, 5) is 27.1. The SMILES string of the molecule is CCN1CN(C(=O)NC(C)c2nnc3ccccn23)CC1=O. The largest absolute Gasteiger partial charge is 0.328 e. The topological polar surface area (TPSA) is 82.8 Å². The zero-order valence-corrected chi connectivity index (χ0v) is 12.6. The lowest BCUT2D eigenvalue weighted by molar-refractivity contribution is -0.126. The molecule has 22 heavy (non-hydrogen) atoms. The van der Waals surface area contributed by atoms with Gasteiger partial charge < -0.3 is 10.2 Å². The molecule has 8 nitrogen and oxygen atoms in total. The standard InChI is InChI=1S/C14H18N6O2/c1-3-18-9-19(8-12(18)21)14(22)15-10(2)13-17-16-11-6-4-5-7-20(11)13/h4-7,10H,3,8-9H2,1-2H3,(H,15,22). The molecule has 0 spiro atoms. The highest BCUT2D eigenvalue weighted by Gasteiger charge is 2.30. The Morgan fingerprint density at radius 2 is 2.23 bits per heavy atom. The normalized spacial score (nSPS) is 16.4. The van der Waals surface area contributed by atoms with E-state index >= 15 is 0 Å². The fourth-order valence-corrected chi connectivity index (χ4v) is 2.51. The molecule has 1 aliphatic rings. The molecule has 1 unspecified atom stereocenters. The van der Waals surface area contributed by atoms with Crippen molar-refractivity contribution in [2.24, 2.45) is 0 Å². The second-order valence-corrected chi connectivity index (χ2v) is 5.25. The average molecular weight is 302 g/mol. The summed E-state index contributed by atoms with van der Waals surface area (Å²) in [6.45, 7) is 4.79. The van der Waals surface area contributed by atoms with Crippen LogP contribution in [0.5, 0.6) is 0 Å². The van der Waals surface area contributed by atoms with E-state index in [1.54, 1.807) is 4.90 Å². The van der Waals surface area contributed by atoms with Gasteiger partial charge in [0.15, 0.2) is 11.5 Å². The fourth-order valence-electron chi connectivity index (χ4n) is 2.51. The van der Waals surface area contributed by atoms with Crippen LogP contribution in [0.15, 0.2) is 24.4 Å². The van der Waals surface area contributed by atoms with Gasteiger partial charge in [-0.1, -0.05) is 6.07 Å². The number of amides is 3. The number of pyridine rings is 1. The van der Waals surface area contributed by atoms with Crippen LogP contribution >= 0.6 is 0 Å². The molecule has 116 valence electrons. The van der Waals surface area contributed by atoms with Crippen LogP contribution in [0.2, 0.25) is 0 Å². The second-order valence-electron chi connectivity index (χ2n) is 5.25. The first kappa shape index (κ1) is 14.3. The Kier molecular flexibility index (Phi) is 3.66. The lowest BCUT2D eigenvalue weighted by atomic mass is 10.3. The van der Waals surface area contributed by atoms with E-state index in [0.29, 0.717) is 19.0 Å². The summed E-state index contributed by atoms with van der Waals surface area (Å²) in [6, 6.07) is 5.03. The predicted octanol–water partition coefficient (Wildman–Crippen LogP) is 0.621. The lowest BCUT2D eigenvalue weighted by Gasteiger charge is -2.20. The molecule has 0 aliphatic carbocycles. The maximum absolute atomic E-state index is 12.3. The van der Waals surface area contributed by atoms with Crippen molar-refractivity contribution >= 4 is 17.6 Å². The Hall–Kier alpha value is -2.64. The second kappa shape index (κ2) is 5.63. The zero-order chi connectivity index (χ0) is 15.7. The molecule has 0 aromatic carbocycles. The molecule has 3 amide bonds. The number of aromatic nitrogens is 3. The first-order chi connectivity index (χ1) is 10.6. The van der Waals surface area contributed by atoms with Crippen molar-refractivity contribution in [2.75, 3.05) is 19.8 Å². The molecule has 0 radical (unpaired) electrons. The number of fused-ring (bicyclic) bond motifs is 1. The van der Waals surface area contributed by atoms with Gasteiger partial charge in [0.25, 0.3) is 0 Å². The quantitative estimate of drug-likeness (QED) is 0.901. The van der Waals surface area contributed by atoms with Gasteiger partial charge in [-0.2, -0.15) is 0 Å². The van der Waals surface area contributed by atoms with Crippen molar-refractivity contribution in [3.05, 3.63) is 30.2 Å². The zero-order valence-electron chi connectivity index (χ0n) is 12.6. The number of urea groups is 1. The van der Waals surface area contributed by atoms with E-state index in [0.717, 1.165) is 5.65 Å².